The molecule has 1 atom stereocenters. The van der Waals surface area contributed by atoms with E-state index in [1.54, 1.807) is 6.20 Å². The Bertz CT molecular complexity index is 1330. The number of hydrogen-bond acceptors (Lipinski definition) is 5. The molecule has 2 aliphatic rings. The lowest BCUT2D eigenvalue weighted by Gasteiger charge is -2.25. The number of pyridine rings is 1. The van der Waals surface area contributed by atoms with Crippen molar-refractivity contribution in [2.45, 2.75) is 39.0 Å². The van der Waals surface area contributed by atoms with Gasteiger partial charge in [-0.3, -0.25) is 4.79 Å². The molecule has 0 saturated carbocycles. The highest BCUT2D eigenvalue weighted by Crippen LogP contribution is 2.37. The van der Waals surface area contributed by atoms with Gasteiger partial charge in [-0.25, -0.2) is 9.97 Å². The Balaban J connectivity index is 0.00000124. The Morgan fingerprint density at radius 1 is 1.03 bits per heavy atom. The zero-order valence-electron chi connectivity index (χ0n) is 19.9. The van der Waals surface area contributed by atoms with Crippen LogP contribution in [0.5, 0.6) is 17.2 Å². The molecule has 0 aliphatic carbocycles. The van der Waals surface area contributed by atoms with E-state index in [-0.39, 0.29) is 11.8 Å². The first-order valence-electron chi connectivity index (χ1n) is 12.0. The largest absolute Gasteiger partial charge is 0.493 e. The molecular weight excluding hydrogens is 440 g/mol. The number of nitrogens with zero attached hydrogens (tertiary/aromatic N) is 2. The molecule has 2 aromatic carbocycles. The van der Waals surface area contributed by atoms with Gasteiger partial charge in [-0.15, -0.1) is 0 Å². The third-order valence-corrected chi connectivity index (χ3v) is 6.11. The lowest BCUT2D eigenvalue weighted by molar-refractivity contribution is -0.116. The number of aromatic amines is 1. The average molecular weight is 469 g/mol. The van der Waals surface area contributed by atoms with Crippen LogP contribution < -0.4 is 14.8 Å². The topological polar surface area (TPSA) is 89.1 Å². The monoisotopic (exact) mass is 468 g/mol. The van der Waals surface area contributed by atoms with E-state index in [0.717, 1.165) is 46.1 Å². The maximum absolute atomic E-state index is 11.7. The van der Waals surface area contributed by atoms with E-state index in [4.69, 9.17) is 9.47 Å². The van der Waals surface area contributed by atoms with Crippen LogP contribution in [-0.2, 0) is 17.6 Å². The standard InChI is InChI=1S/C26H22N4O3.C2H6/c31-24-9-7-20-23(10-11-27-26(20)30-24)33-19-6-8-22-17(13-19)12-18(15-32-22)25-28-14-21(29-25)16-4-2-1-3-5-16;1-2/h1-6,8,10-11,13-14,18H,7,9,12,15H2,(H,28,29)(H,27,30,31);1-2H3/t18-;/m1./s1. The summed E-state index contributed by atoms with van der Waals surface area (Å²) in [6.07, 6.45) is 5.38. The number of nitrogens with one attached hydrogen (secondary N) is 2. The number of hydrogen-bond donors (Lipinski definition) is 2. The fourth-order valence-corrected chi connectivity index (χ4v) is 4.40. The lowest BCUT2D eigenvalue weighted by atomic mass is 9.96. The Morgan fingerprint density at radius 2 is 1.89 bits per heavy atom. The van der Waals surface area contributed by atoms with E-state index in [1.807, 2.05) is 62.5 Å². The second-order valence-corrected chi connectivity index (χ2v) is 8.32. The molecule has 0 radical (unpaired) electrons. The van der Waals surface area contributed by atoms with E-state index in [1.165, 1.54) is 0 Å². The van der Waals surface area contributed by atoms with Crippen LogP contribution in [0.3, 0.4) is 0 Å². The van der Waals surface area contributed by atoms with Gasteiger partial charge in [-0.2, -0.15) is 0 Å². The van der Waals surface area contributed by atoms with Gasteiger partial charge in [0, 0.05) is 18.2 Å². The van der Waals surface area contributed by atoms with Crippen molar-refractivity contribution < 1.29 is 14.3 Å². The minimum absolute atomic E-state index is 0.0162. The second kappa shape index (κ2) is 10.0. The number of ether oxygens (including phenoxy) is 2. The molecule has 178 valence electrons. The molecule has 0 bridgehead atoms. The molecule has 0 spiro atoms. The molecule has 6 rings (SSSR count). The van der Waals surface area contributed by atoms with Crippen molar-refractivity contribution in [3.63, 3.8) is 0 Å². The van der Waals surface area contributed by atoms with Crippen molar-refractivity contribution in [2.75, 3.05) is 11.9 Å². The Morgan fingerprint density at radius 3 is 2.74 bits per heavy atom. The van der Waals surface area contributed by atoms with Crippen molar-refractivity contribution >= 4 is 11.7 Å². The minimum atomic E-state index is -0.0162. The summed E-state index contributed by atoms with van der Waals surface area (Å²) in [5.74, 6) is 3.94. The molecule has 2 N–H and O–H groups in total. The van der Waals surface area contributed by atoms with Crippen LogP contribution in [0.2, 0.25) is 0 Å². The van der Waals surface area contributed by atoms with Gasteiger partial charge in [-0.05, 0) is 48.2 Å². The number of aromatic nitrogens is 3. The van der Waals surface area contributed by atoms with Gasteiger partial charge in [0.15, 0.2) is 0 Å². The van der Waals surface area contributed by atoms with Crippen LogP contribution in [0.4, 0.5) is 5.82 Å². The quantitative estimate of drug-likeness (QED) is 0.390. The smallest absolute Gasteiger partial charge is 0.225 e. The zero-order valence-corrected chi connectivity index (χ0v) is 19.9. The highest BCUT2D eigenvalue weighted by molar-refractivity contribution is 5.93. The summed E-state index contributed by atoms with van der Waals surface area (Å²) < 4.78 is 12.3. The summed E-state index contributed by atoms with van der Waals surface area (Å²) in [7, 11) is 0. The highest BCUT2D eigenvalue weighted by Gasteiger charge is 2.25. The molecule has 0 fully saturated rings. The summed E-state index contributed by atoms with van der Waals surface area (Å²) in [5, 5.41) is 2.81. The van der Waals surface area contributed by atoms with Crippen molar-refractivity contribution in [3.05, 3.63) is 83.9 Å². The van der Waals surface area contributed by atoms with E-state index in [2.05, 4.69) is 32.4 Å². The van der Waals surface area contributed by atoms with Gasteiger partial charge < -0.3 is 19.8 Å². The predicted octanol–water partition coefficient (Wildman–Crippen LogP) is 5.89. The third kappa shape index (κ3) is 4.75. The Hall–Kier alpha value is -4.13. The zero-order chi connectivity index (χ0) is 24.2. The summed E-state index contributed by atoms with van der Waals surface area (Å²) in [5.41, 5.74) is 4.12. The Kier molecular flexibility index (Phi) is 6.48. The molecule has 4 heterocycles. The van der Waals surface area contributed by atoms with Crippen LogP contribution in [0, 0.1) is 0 Å². The van der Waals surface area contributed by atoms with Crippen LogP contribution in [0.15, 0.2) is 67.0 Å². The van der Waals surface area contributed by atoms with Crippen LogP contribution in [-0.4, -0.2) is 27.5 Å². The first kappa shape index (κ1) is 22.7. The van der Waals surface area contributed by atoms with Crippen LogP contribution in [0.1, 0.15) is 43.1 Å². The summed E-state index contributed by atoms with van der Waals surface area (Å²) >= 11 is 0. The molecule has 7 heteroatoms. The number of carbonyl (C=O) groups is 1. The maximum atomic E-state index is 11.7. The molecule has 2 aromatic heterocycles. The lowest BCUT2D eigenvalue weighted by Crippen LogP contribution is -2.20. The number of benzene rings is 2. The molecule has 0 unspecified atom stereocenters. The summed E-state index contributed by atoms with van der Waals surface area (Å²) in [4.78, 5) is 24.0. The Labute approximate surface area is 204 Å². The van der Waals surface area contributed by atoms with Crippen molar-refractivity contribution in [1.82, 2.24) is 15.0 Å². The normalized spacial score (nSPS) is 16.1. The van der Waals surface area contributed by atoms with E-state index in [9.17, 15) is 4.79 Å². The van der Waals surface area contributed by atoms with Gasteiger partial charge in [0.2, 0.25) is 5.91 Å². The van der Waals surface area contributed by atoms with Crippen molar-refractivity contribution in [3.8, 4) is 28.5 Å². The number of amides is 1. The highest BCUT2D eigenvalue weighted by atomic mass is 16.5. The number of H-pyrrole nitrogens is 1. The number of imidazole rings is 1. The van der Waals surface area contributed by atoms with Gasteiger partial charge >= 0.3 is 0 Å². The molecule has 7 nitrogen and oxygen atoms in total. The first-order valence-corrected chi connectivity index (χ1v) is 12.0. The maximum Gasteiger partial charge on any atom is 0.225 e. The van der Waals surface area contributed by atoms with E-state index in [0.29, 0.717) is 31.0 Å². The fourth-order valence-electron chi connectivity index (χ4n) is 4.40. The van der Waals surface area contributed by atoms with Crippen LogP contribution in [0.25, 0.3) is 11.3 Å². The van der Waals surface area contributed by atoms with Gasteiger partial charge in [0.1, 0.15) is 28.9 Å². The SMILES string of the molecule is CC.O=C1CCc2c(Oc3ccc4c(c3)C[C@@H](c3ncc(-c5ccccc5)[nH]3)CO4)ccnc2N1. The summed E-state index contributed by atoms with van der Waals surface area (Å²) in [6, 6.07) is 17.9. The van der Waals surface area contributed by atoms with Crippen LogP contribution >= 0.6 is 0 Å². The summed E-state index contributed by atoms with van der Waals surface area (Å²) in [6.45, 7) is 4.58. The predicted molar refractivity (Wildman–Crippen MR) is 135 cm³/mol. The molecule has 0 saturated heterocycles. The number of carbonyl (C=O) groups excluding carboxylic acids is 1. The molecule has 4 aromatic rings. The van der Waals surface area contributed by atoms with E-state index >= 15 is 0 Å². The molecule has 2 aliphatic heterocycles. The van der Waals surface area contributed by atoms with Gasteiger partial charge in [0.25, 0.3) is 0 Å². The van der Waals surface area contributed by atoms with Crippen molar-refractivity contribution in [2.24, 2.45) is 0 Å². The minimum Gasteiger partial charge on any atom is -0.493 e. The first-order chi connectivity index (χ1) is 17.2. The second-order valence-electron chi connectivity index (χ2n) is 8.32. The molecular formula is C28H28N4O3. The van der Waals surface area contributed by atoms with Crippen molar-refractivity contribution in [1.29, 1.82) is 0 Å². The van der Waals surface area contributed by atoms with E-state index < -0.39 is 0 Å². The molecule has 35 heavy (non-hydrogen) atoms. The van der Waals surface area contributed by atoms with Gasteiger partial charge in [-0.1, -0.05) is 44.2 Å². The fraction of sp³-hybridized carbons (Fsp3) is 0.250. The average Bonchev–Trinajstić information content (AvgIpc) is 3.40. The third-order valence-electron chi connectivity index (χ3n) is 6.11. The molecule has 1 amide bonds. The number of anilines is 1. The number of rotatable bonds is 4. The number of fused-ring (bicyclic) bond motifs is 2. The van der Waals surface area contributed by atoms with Gasteiger partial charge in [0.05, 0.1) is 24.4 Å².